The molecule has 1 saturated carbocycles. The molecule has 0 bridgehead atoms. The maximum absolute atomic E-state index is 10.7. The van der Waals surface area contributed by atoms with Gasteiger partial charge >= 0.3 is 5.97 Å². The van der Waals surface area contributed by atoms with Gasteiger partial charge in [-0.3, -0.25) is 4.79 Å². The Labute approximate surface area is 93.2 Å². The van der Waals surface area contributed by atoms with Crippen LogP contribution in [-0.2, 0) is 11.2 Å². The minimum atomic E-state index is -0.740. The van der Waals surface area contributed by atoms with Crippen LogP contribution >= 0.6 is 11.3 Å². The van der Waals surface area contributed by atoms with Crippen LogP contribution < -0.4 is 0 Å². The summed E-state index contributed by atoms with van der Waals surface area (Å²) < 4.78 is 0. The average molecular weight is 225 g/mol. The first kappa shape index (κ1) is 10.6. The summed E-state index contributed by atoms with van der Waals surface area (Å²) in [5, 5.41) is 11.8. The van der Waals surface area contributed by atoms with Gasteiger partial charge in [0, 0.05) is 17.7 Å². The van der Waals surface area contributed by atoms with Gasteiger partial charge in [0.2, 0.25) is 0 Å². The van der Waals surface area contributed by atoms with E-state index in [4.69, 9.17) is 5.11 Å². The van der Waals surface area contributed by atoms with Crippen molar-refractivity contribution in [2.24, 2.45) is 5.92 Å². The van der Waals surface area contributed by atoms with E-state index < -0.39 is 5.97 Å². The van der Waals surface area contributed by atoms with Gasteiger partial charge in [0.1, 0.15) is 0 Å². The Morgan fingerprint density at radius 1 is 1.73 bits per heavy atom. The molecule has 0 amide bonds. The van der Waals surface area contributed by atoms with Crippen LogP contribution in [0.1, 0.15) is 42.8 Å². The zero-order valence-electron chi connectivity index (χ0n) is 8.77. The molecule has 4 heteroatoms. The smallest absolute Gasteiger partial charge is 0.306 e. The number of aromatic nitrogens is 1. The van der Waals surface area contributed by atoms with Crippen LogP contribution in [0, 0.1) is 5.92 Å². The molecule has 1 N–H and O–H groups in total. The van der Waals surface area contributed by atoms with E-state index in [1.54, 1.807) is 18.3 Å². The highest BCUT2D eigenvalue weighted by molar-refractivity contribution is 7.09. The van der Waals surface area contributed by atoms with Gasteiger partial charge in [-0.2, -0.15) is 0 Å². The summed E-state index contributed by atoms with van der Waals surface area (Å²) >= 11 is 1.60. The van der Waals surface area contributed by atoms with Crippen molar-refractivity contribution >= 4 is 17.3 Å². The van der Waals surface area contributed by atoms with Gasteiger partial charge in [0.05, 0.1) is 16.6 Å². The highest BCUT2D eigenvalue weighted by atomic mass is 32.1. The first-order valence-corrected chi connectivity index (χ1v) is 6.22. The summed E-state index contributed by atoms with van der Waals surface area (Å²) in [6, 6.07) is 0. The lowest BCUT2D eigenvalue weighted by molar-refractivity contribution is -0.141. The number of carbonyl (C=O) groups is 1. The Kier molecular flexibility index (Phi) is 3.05. The molecule has 1 aromatic heterocycles. The van der Waals surface area contributed by atoms with Gasteiger partial charge in [-0.1, -0.05) is 13.3 Å². The van der Waals surface area contributed by atoms with Crippen molar-refractivity contribution in [3.05, 3.63) is 16.1 Å². The Hall–Kier alpha value is -0.900. The fraction of sp³-hybridized carbons (Fsp3) is 0.636. The van der Waals surface area contributed by atoms with Crippen molar-refractivity contribution in [2.45, 2.75) is 38.5 Å². The van der Waals surface area contributed by atoms with E-state index in [9.17, 15) is 4.79 Å². The Morgan fingerprint density at radius 2 is 2.47 bits per heavy atom. The normalized spacial score (nSPS) is 18.5. The highest BCUT2D eigenvalue weighted by Crippen LogP contribution is 2.36. The maximum Gasteiger partial charge on any atom is 0.306 e. The third-order valence-corrected chi connectivity index (χ3v) is 3.88. The Morgan fingerprint density at radius 3 is 3.00 bits per heavy atom. The number of carboxylic acid groups (broad SMARTS) is 1. The maximum atomic E-state index is 10.7. The molecule has 0 aliphatic heterocycles. The van der Waals surface area contributed by atoms with E-state index in [0.717, 1.165) is 5.01 Å². The molecule has 0 spiro atoms. The second kappa shape index (κ2) is 4.31. The van der Waals surface area contributed by atoms with Crippen molar-refractivity contribution < 1.29 is 9.90 Å². The molecule has 1 atom stereocenters. The van der Waals surface area contributed by atoms with Gasteiger partial charge in [0.25, 0.3) is 0 Å². The van der Waals surface area contributed by atoms with Crippen LogP contribution in [0.15, 0.2) is 5.38 Å². The zero-order chi connectivity index (χ0) is 10.8. The molecule has 1 aliphatic rings. The van der Waals surface area contributed by atoms with E-state index in [1.165, 1.54) is 25.0 Å². The van der Waals surface area contributed by atoms with Gasteiger partial charge in [-0.25, -0.2) is 4.98 Å². The molecule has 0 aromatic carbocycles. The topological polar surface area (TPSA) is 50.2 Å². The lowest BCUT2D eigenvalue weighted by Crippen LogP contribution is -2.13. The quantitative estimate of drug-likeness (QED) is 0.857. The fourth-order valence-electron chi connectivity index (χ4n) is 1.66. The monoisotopic (exact) mass is 225 g/mol. The number of rotatable bonds is 4. The average Bonchev–Trinajstić information content (AvgIpc) is 2.49. The third-order valence-electron chi connectivity index (χ3n) is 3.00. The highest BCUT2D eigenvalue weighted by Gasteiger charge is 2.22. The molecule has 1 aromatic rings. The first-order chi connectivity index (χ1) is 7.16. The minimum Gasteiger partial charge on any atom is -0.481 e. The number of hydrogen-bond donors (Lipinski definition) is 1. The second-order valence-corrected chi connectivity index (χ2v) is 5.18. The molecule has 3 nitrogen and oxygen atoms in total. The Balaban J connectivity index is 1.97. The van der Waals surface area contributed by atoms with Crippen LogP contribution in [0.2, 0.25) is 0 Å². The van der Waals surface area contributed by atoms with Crippen molar-refractivity contribution in [1.82, 2.24) is 4.98 Å². The van der Waals surface area contributed by atoms with E-state index in [0.29, 0.717) is 12.3 Å². The van der Waals surface area contributed by atoms with Crippen LogP contribution in [0.25, 0.3) is 0 Å². The largest absolute Gasteiger partial charge is 0.481 e. The molecule has 15 heavy (non-hydrogen) atoms. The van der Waals surface area contributed by atoms with Crippen LogP contribution in [-0.4, -0.2) is 16.1 Å². The van der Waals surface area contributed by atoms with Gasteiger partial charge in [-0.15, -0.1) is 11.3 Å². The second-order valence-electron chi connectivity index (χ2n) is 4.24. The van der Waals surface area contributed by atoms with E-state index in [-0.39, 0.29) is 5.92 Å². The van der Waals surface area contributed by atoms with Crippen molar-refractivity contribution in [3.63, 3.8) is 0 Å². The third kappa shape index (κ3) is 2.37. The molecule has 2 rings (SSSR count). The predicted octanol–water partition coefficient (Wildman–Crippen LogP) is 2.67. The predicted molar refractivity (Wildman–Crippen MR) is 59.2 cm³/mol. The van der Waals surface area contributed by atoms with E-state index in [2.05, 4.69) is 10.4 Å². The number of nitrogens with zero attached hydrogens (tertiary/aromatic N) is 1. The first-order valence-electron chi connectivity index (χ1n) is 5.34. The summed E-state index contributed by atoms with van der Waals surface area (Å²) in [6.07, 6.45) is 4.37. The van der Waals surface area contributed by atoms with Crippen molar-refractivity contribution in [1.29, 1.82) is 0 Å². The van der Waals surface area contributed by atoms with Gasteiger partial charge < -0.3 is 5.11 Å². The number of hydrogen-bond acceptors (Lipinski definition) is 3. The van der Waals surface area contributed by atoms with Crippen molar-refractivity contribution in [3.8, 4) is 0 Å². The standard InChI is InChI=1S/C11H15NO2S/c1-7(11(13)14)5-10-12-9(6-15-10)8-3-2-4-8/h6-8H,2-5H2,1H3,(H,13,14). The lowest BCUT2D eigenvalue weighted by Gasteiger charge is -2.23. The molecule has 82 valence electrons. The molecule has 0 saturated heterocycles. The molecule has 1 aliphatic carbocycles. The molecule has 0 radical (unpaired) electrons. The van der Waals surface area contributed by atoms with E-state index in [1.807, 2.05) is 0 Å². The summed E-state index contributed by atoms with van der Waals surface area (Å²) in [5.41, 5.74) is 1.18. The summed E-state index contributed by atoms with van der Waals surface area (Å²) in [5.74, 6) is -0.420. The fourth-order valence-corrected chi connectivity index (χ4v) is 2.67. The van der Waals surface area contributed by atoms with Gasteiger partial charge in [-0.05, 0) is 12.8 Å². The molecule has 1 heterocycles. The zero-order valence-corrected chi connectivity index (χ0v) is 9.59. The van der Waals surface area contributed by atoms with Gasteiger partial charge in [0.15, 0.2) is 0 Å². The number of aliphatic carboxylic acids is 1. The van der Waals surface area contributed by atoms with Crippen LogP contribution in [0.4, 0.5) is 0 Å². The lowest BCUT2D eigenvalue weighted by atomic mass is 9.83. The number of carboxylic acids is 1. The summed E-state index contributed by atoms with van der Waals surface area (Å²) in [7, 11) is 0. The number of thiazole rings is 1. The SMILES string of the molecule is CC(Cc1nc(C2CCC2)cs1)C(=O)O. The Bertz CT molecular complexity index is 357. The minimum absolute atomic E-state index is 0.328. The summed E-state index contributed by atoms with van der Waals surface area (Å²) in [4.78, 5) is 15.2. The van der Waals surface area contributed by atoms with Crippen LogP contribution in [0.3, 0.4) is 0 Å². The van der Waals surface area contributed by atoms with Crippen LogP contribution in [0.5, 0.6) is 0 Å². The molecular formula is C11H15NO2S. The molecular weight excluding hydrogens is 210 g/mol. The molecule has 1 unspecified atom stereocenters. The summed E-state index contributed by atoms with van der Waals surface area (Å²) in [6.45, 7) is 1.73. The van der Waals surface area contributed by atoms with E-state index >= 15 is 0 Å². The molecule has 1 fully saturated rings. The van der Waals surface area contributed by atoms with Crippen molar-refractivity contribution in [2.75, 3.05) is 0 Å².